The van der Waals surface area contributed by atoms with Crippen molar-refractivity contribution in [3.8, 4) is 0 Å². The molecule has 2 atom stereocenters. The van der Waals surface area contributed by atoms with Crippen LogP contribution in [0.1, 0.15) is 37.8 Å². The predicted molar refractivity (Wildman–Crippen MR) is 90.6 cm³/mol. The van der Waals surface area contributed by atoms with E-state index in [1.807, 2.05) is 0 Å². The predicted octanol–water partition coefficient (Wildman–Crippen LogP) is 2.75. The Hall–Kier alpha value is -0.900. The van der Waals surface area contributed by atoms with Gasteiger partial charge in [0, 0.05) is 18.6 Å². The van der Waals surface area contributed by atoms with E-state index in [1.54, 1.807) is 0 Å². The number of hydrogen-bond acceptors (Lipinski definition) is 3. The van der Waals surface area contributed by atoms with Gasteiger partial charge >= 0.3 is 0 Å². The average Bonchev–Trinajstić information content (AvgIpc) is 2.52. The minimum atomic E-state index is 0.472. The van der Waals surface area contributed by atoms with Crippen molar-refractivity contribution in [1.29, 1.82) is 0 Å². The molecule has 0 bridgehead atoms. The molecule has 0 aromatic heterocycles. The lowest BCUT2D eigenvalue weighted by Gasteiger charge is -2.36. The number of nitrogens with zero attached hydrogens (tertiary/aromatic N) is 2. The van der Waals surface area contributed by atoms with Gasteiger partial charge < -0.3 is 15.1 Å². The van der Waals surface area contributed by atoms with Gasteiger partial charge in [-0.1, -0.05) is 37.3 Å². The van der Waals surface area contributed by atoms with Crippen molar-refractivity contribution in [2.45, 2.75) is 38.3 Å². The van der Waals surface area contributed by atoms with Gasteiger partial charge in [-0.2, -0.15) is 0 Å². The number of hydrogen-bond donors (Lipinski definition) is 1. The first kappa shape index (κ1) is 16.5. The maximum absolute atomic E-state index is 3.63. The Balaban J connectivity index is 1.86. The average molecular weight is 289 g/mol. The molecule has 1 fully saturated rings. The van der Waals surface area contributed by atoms with Gasteiger partial charge in [-0.15, -0.1) is 0 Å². The molecule has 21 heavy (non-hydrogen) atoms. The van der Waals surface area contributed by atoms with Crippen LogP contribution < -0.4 is 5.32 Å². The van der Waals surface area contributed by atoms with Crippen molar-refractivity contribution >= 4 is 0 Å². The monoisotopic (exact) mass is 289 g/mol. The highest BCUT2D eigenvalue weighted by Gasteiger charge is 2.21. The molecule has 2 rings (SSSR count). The minimum absolute atomic E-state index is 0.472. The molecule has 2 unspecified atom stereocenters. The number of piperidine rings is 1. The van der Waals surface area contributed by atoms with Crippen LogP contribution in [0.4, 0.5) is 0 Å². The molecular formula is C18H31N3. The van der Waals surface area contributed by atoms with Crippen molar-refractivity contribution < 1.29 is 0 Å². The van der Waals surface area contributed by atoms with Crippen LogP contribution in [-0.4, -0.2) is 56.1 Å². The highest BCUT2D eigenvalue weighted by atomic mass is 15.2. The minimum Gasteiger partial charge on any atom is -0.310 e. The lowest BCUT2D eigenvalue weighted by molar-refractivity contribution is 0.130. The smallest absolute Gasteiger partial charge is 0.0332 e. The lowest BCUT2D eigenvalue weighted by atomic mass is 10.0. The van der Waals surface area contributed by atoms with Gasteiger partial charge in [0.15, 0.2) is 0 Å². The highest BCUT2D eigenvalue weighted by molar-refractivity contribution is 5.18. The third kappa shape index (κ3) is 5.10. The normalized spacial score (nSPS) is 21.6. The Kier molecular flexibility index (Phi) is 6.68. The Bertz CT molecular complexity index is 393. The van der Waals surface area contributed by atoms with Crippen molar-refractivity contribution in [1.82, 2.24) is 15.1 Å². The molecule has 118 valence electrons. The van der Waals surface area contributed by atoms with E-state index in [0.717, 1.165) is 19.1 Å². The first-order valence-corrected chi connectivity index (χ1v) is 8.37. The number of likely N-dealkylation sites (tertiary alicyclic amines) is 1. The van der Waals surface area contributed by atoms with Crippen molar-refractivity contribution in [2.24, 2.45) is 0 Å². The maximum atomic E-state index is 3.63. The standard InChI is InChI=1S/C18H31N3/c1-4-19-18(16-9-6-5-7-10-16)12-14-21(3)17-11-8-13-20(2)15-17/h5-7,9-10,17-19H,4,8,11-15H2,1-3H3. The topological polar surface area (TPSA) is 18.5 Å². The summed E-state index contributed by atoms with van der Waals surface area (Å²) in [5, 5.41) is 3.63. The van der Waals surface area contributed by atoms with E-state index in [1.165, 1.54) is 37.9 Å². The molecule has 1 aromatic rings. The Morgan fingerprint density at radius 2 is 2.10 bits per heavy atom. The van der Waals surface area contributed by atoms with Gasteiger partial charge in [-0.25, -0.2) is 0 Å². The zero-order valence-corrected chi connectivity index (χ0v) is 13.9. The molecule has 1 N–H and O–H groups in total. The molecule has 1 aliphatic rings. The summed E-state index contributed by atoms with van der Waals surface area (Å²) >= 11 is 0. The van der Waals surface area contributed by atoms with Crippen molar-refractivity contribution in [2.75, 3.05) is 40.3 Å². The zero-order chi connectivity index (χ0) is 15.1. The first-order valence-electron chi connectivity index (χ1n) is 8.37. The molecule has 0 aliphatic carbocycles. The molecule has 0 amide bonds. The van der Waals surface area contributed by atoms with Gasteiger partial charge in [0.2, 0.25) is 0 Å². The lowest BCUT2D eigenvalue weighted by Crippen LogP contribution is -2.45. The summed E-state index contributed by atoms with van der Waals surface area (Å²) in [5.74, 6) is 0. The van der Waals surface area contributed by atoms with E-state index >= 15 is 0 Å². The molecule has 1 aliphatic heterocycles. The van der Waals surface area contributed by atoms with E-state index in [9.17, 15) is 0 Å². The van der Waals surface area contributed by atoms with Gasteiger partial charge in [0.05, 0.1) is 0 Å². The summed E-state index contributed by atoms with van der Waals surface area (Å²) in [7, 11) is 4.53. The van der Waals surface area contributed by atoms with Crippen LogP contribution in [0.2, 0.25) is 0 Å². The molecule has 0 spiro atoms. The van der Waals surface area contributed by atoms with Crippen LogP contribution in [0.25, 0.3) is 0 Å². The van der Waals surface area contributed by atoms with Crippen LogP contribution in [0.3, 0.4) is 0 Å². The molecule has 0 radical (unpaired) electrons. The summed E-state index contributed by atoms with van der Waals surface area (Å²) in [6.07, 6.45) is 3.85. The number of nitrogens with one attached hydrogen (secondary N) is 1. The van der Waals surface area contributed by atoms with E-state index in [-0.39, 0.29) is 0 Å². The fourth-order valence-corrected chi connectivity index (χ4v) is 3.33. The van der Waals surface area contributed by atoms with E-state index in [4.69, 9.17) is 0 Å². The van der Waals surface area contributed by atoms with Gasteiger partial charge in [0.1, 0.15) is 0 Å². The second-order valence-corrected chi connectivity index (χ2v) is 6.35. The fraction of sp³-hybridized carbons (Fsp3) is 0.667. The van der Waals surface area contributed by atoms with Crippen molar-refractivity contribution in [3.63, 3.8) is 0 Å². The largest absolute Gasteiger partial charge is 0.310 e. The molecule has 1 aromatic carbocycles. The molecule has 1 saturated heterocycles. The van der Waals surface area contributed by atoms with E-state index in [0.29, 0.717) is 6.04 Å². The van der Waals surface area contributed by atoms with Crippen LogP contribution in [0.15, 0.2) is 30.3 Å². The molecule has 3 nitrogen and oxygen atoms in total. The molecular weight excluding hydrogens is 258 g/mol. The summed E-state index contributed by atoms with van der Waals surface area (Å²) < 4.78 is 0. The molecule has 1 heterocycles. The van der Waals surface area contributed by atoms with Crippen LogP contribution in [0, 0.1) is 0 Å². The van der Waals surface area contributed by atoms with Crippen LogP contribution in [0.5, 0.6) is 0 Å². The SMILES string of the molecule is CCNC(CCN(C)C1CCCN(C)C1)c1ccccc1. The summed E-state index contributed by atoms with van der Waals surface area (Å²) in [6.45, 7) is 6.85. The summed E-state index contributed by atoms with van der Waals surface area (Å²) in [5.41, 5.74) is 1.41. The number of rotatable bonds is 7. The Morgan fingerprint density at radius 1 is 1.33 bits per heavy atom. The Morgan fingerprint density at radius 3 is 2.76 bits per heavy atom. The fourth-order valence-electron chi connectivity index (χ4n) is 3.33. The van der Waals surface area contributed by atoms with Crippen LogP contribution >= 0.6 is 0 Å². The highest BCUT2D eigenvalue weighted by Crippen LogP contribution is 2.19. The third-order valence-corrected chi connectivity index (χ3v) is 4.65. The Labute approximate surface area is 130 Å². The van der Waals surface area contributed by atoms with E-state index in [2.05, 4.69) is 66.5 Å². The second-order valence-electron chi connectivity index (χ2n) is 6.35. The quantitative estimate of drug-likeness (QED) is 0.833. The van der Waals surface area contributed by atoms with Gasteiger partial charge in [-0.05, 0) is 58.6 Å². The molecule has 0 saturated carbocycles. The summed E-state index contributed by atoms with van der Waals surface area (Å²) in [6, 6.07) is 12.0. The first-order chi connectivity index (χ1) is 10.2. The van der Waals surface area contributed by atoms with Gasteiger partial charge in [0.25, 0.3) is 0 Å². The van der Waals surface area contributed by atoms with Crippen molar-refractivity contribution in [3.05, 3.63) is 35.9 Å². The third-order valence-electron chi connectivity index (χ3n) is 4.65. The van der Waals surface area contributed by atoms with Crippen LogP contribution in [-0.2, 0) is 0 Å². The number of benzene rings is 1. The summed E-state index contributed by atoms with van der Waals surface area (Å²) in [4.78, 5) is 5.02. The maximum Gasteiger partial charge on any atom is 0.0332 e. The molecule has 3 heteroatoms. The van der Waals surface area contributed by atoms with Gasteiger partial charge in [-0.3, -0.25) is 0 Å². The van der Waals surface area contributed by atoms with E-state index < -0.39 is 0 Å². The zero-order valence-electron chi connectivity index (χ0n) is 13.9. The number of likely N-dealkylation sites (N-methyl/N-ethyl adjacent to an activating group) is 2. The second kappa shape index (κ2) is 8.52.